The third-order valence-corrected chi connectivity index (χ3v) is 5.53. The normalized spacial score (nSPS) is 18.5. The lowest BCUT2D eigenvalue weighted by Crippen LogP contribution is -2.42. The Morgan fingerprint density at radius 2 is 1.89 bits per heavy atom. The molecule has 6 heteroatoms. The van der Waals surface area contributed by atoms with Gasteiger partial charge in [0.15, 0.2) is 5.96 Å². The molecule has 28 heavy (non-hydrogen) atoms. The zero-order valence-electron chi connectivity index (χ0n) is 17.6. The Balaban J connectivity index is 1.54. The van der Waals surface area contributed by atoms with Gasteiger partial charge in [0.1, 0.15) is 0 Å². The molecule has 6 nitrogen and oxygen atoms in total. The topological polar surface area (TPSA) is 52.1 Å². The number of likely N-dealkylation sites (N-methyl/N-ethyl adjacent to an activating group) is 1. The van der Waals surface area contributed by atoms with Crippen molar-refractivity contribution in [2.75, 3.05) is 52.5 Å². The van der Waals surface area contributed by atoms with Crippen LogP contribution in [0.4, 0.5) is 0 Å². The van der Waals surface area contributed by atoms with Crippen molar-refractivity contribution in [3.63, 3.8) is 0 Å². The summed E-state index contributed by atoms with van der Waals surface area (Å²) in [5.41, 5.74) is 2.68. The van der Waals surface area contributed by atoms with Gasteiger partial charge >= 0.3 is 0 Å². The predicted octanol–water partition coefficient (Wildman–Crippen LogP) is 2.06. The van der Waals surface area contributed by atoms with Crippen LogP contribution in [-0.4, -0.2) is 74.3 Å². The lowest BCUT2D eigenvalue weighted by molar-refractivity contribution is 0.0341. The Morgan fingerprint density at radius 1 is 1.14 bits per heavy atom. The molecule has 0 bridgehead atoms. The minimum absolute atomic E-state index is 0.704. The van der Waals surface area contributed by atoms with Crippen LogP contribution in [0.2, 0.25) is 0 Å². The summed E-state index contributed by atoms with van der Waals surface area (Å²) in [5.74, 6) is 0.913. The number of morpholine rings is 1. The summed E-state index contributed by atoms with van der Waals surface area (Å²) in [6, 6.07) is 9.50. The van der Waals surface area contributed by atoms with Crippen molar-refractivity contribution in [2.45, 2.75) is 45.8 Å². The predicted molar refractivity (Wildman–Crippen MR) is 116 cm³/mol. The molecule has 1 saturated heterocycles. The minimum atomic E-state index is 0.704. The molecular weight excluding hydrogens is 350 g/mol. The summed E-state index contributed by atoms with van der Waals surface area (Å²) in [5, 5.41) is 6.89. The van der Waals surface area contributed by atoms with Crippen molar-refractivity contribution in [1.29, 1.82) is 0 Å². The van der Waals surface area contributed by atoms with E-state index >= 15 is 0 Å². The molecule has 1 aromatic carbocycles. The number of hydrogen-bond donors (Lipinski definition) is 2. The highest BCUT2D eigenvalue weighted by molar-refractivity contribution is 5.79. The summed E-state index contributed by atoms with van der Waals surface area (Å²) >= 11 is 0. The Kier molecular flexibility index (Phi) is 8.58. The Labute approximate surface area is 170 Å². The molecule has 2 aliphatic rings. The third-order valence-electron chi connectivity index (χ3n) is 5.53. The molecular formula is C22H37N5O. The molecule has 2 N–H and O–H groups in total. The maximum absolute atomic E-state index is 5.47. The lowest BCUT2D eigenvalue weighted by atomic mass is 10.1. The number of nitrogens with zero attached hydrogens (tertiary/aromatic N) is 3. The fraction of sp³-hybridized carbons (Fsp3) is 0.682. The zero-order chi connectivity index (χ0) is 19.6. The van der Waals surface area contributed by atoms with E-state index in [1.807, 2.05) is 0 Å². The molecule has 0 radical (unpaired) electrons. The molecule has 1 aliphatic heterocycles. The van der Waals surface area contributed by atoms with Crippen LogP contribution >= 0.6 is 0 Å². The highest BCUT2D eigenvalue weighted by Gasteiger charge is 2.27. The van der Waals surface area contributed by atoms with Gasteiger partial charge in [0, 0.05) is 45.3 Å². The maximum atomic E-state index is 5.47. The van der Waals surface area contributed by atoms with Crippen LogP contribution in [-0.2, 0) is 17.8 Å². The van der Waals surface area contributed by atoms with Gasteiger partial charge in [0.2, 0.25) is 0 Å². The quantitative estimate of drug-likeness (QED) is 0.475. The summed E-state index contributed by atoms with van der Waals surface area (Å²) in [4.78, 5) is 9.88. The van der Waals surface area contributed by atoms with Crippen molar-refractivity contribution in [3.8, 4) is 0 Å². The second kappa shape index (κ2) is 11.4. The van der Waals surface area contributed by atoms with Crippen molar-refractivity contribution in [1.82, 2.24) is 20.4 Å². The lowest BCUT2D eigenvalue weighted by Gasteiger charge is -2.27. The van der Waals surface area contributed by atoms with Crippen LogP contribution in [0.1, 0.15) is 37.8 Å². The number of benzene rings is 1. The number of guanidine groups is 1. The number of rotatable bonds is 10. The first kappa shape index (κ1) is 21.1. The van der Waals surface area contributed by atoms with Gasteiger partial charge in [0.05, 0.1) is 19.8 Å². The van der Waals surface area contributed by atoms with Gasteiger partial charge in [-0.25, -0.2) is 4.99 Å². The monoisotopic (exact) mass is 387 g/mol. The second-order valence-electron chi connectivity index (χ2n) is 7.64. The van der Waals surface area contributed by atoms with Crippen molar-refractivity contribution in [3.05, 3.63) is 35.4 Å². The number of aliphatic imine (C=N–C) groups is 1. The van der Waals surface area contributed by atoms with E-state index in [1.165, 1.54) is 24.0 Å². The van der Waals surface area contributed by atoms with E-state index < -0.39 is 0 Å². The third kappa shape index (κ3) is 6.76. The van der Waals surface area contributed by atoms with Crippen molar-refractivity contribution < 1.29 is 4.74 Å². The van der Waals surface area contributed by atoms with E-state index in [1.54, 1.807) is 0 Å². The van der Waals surface area contributed by atoms with Crippen LogP contribution in [0.5, 0.6) is 0 Å². The van der Waals surface area contributed by atoms with Gasteiger partial charge < -0.3 is 15.4 Å². The molecule has 1 saturated carbocycles. The largest absolute Gasteiger partial charge is 0.379 e. The summed E-state index contributed by atoms with van der Waals surface area (Å²) in [6.07, 6.45) is 2.73. The van der Waals surface area contributed by atoms with Gasteiger partial charge in [-0.1, -0.05) is 31.2 Å². The van der Waals surface area contributed by atoms with Crippen LogP contribution in [0, 0.1) is 0 Å². The van der Waals surface area contributed by atoms with Crippen LogP contribution in [0.15, 0.2) is 29.3 Å². The number of ether oxygens (including phenoxy) is 1. The van der Waals surface area contributed by atoms with E-state index in [0.717, 1.165) is 71.0 Å². The van der Waals surface area contributed by atoms with E-state index in [9.17, 15) is 0 Å². The molecule has 0 amide bonds. The molecule has 156 valence electrons. The molecule has 1 aromatic rings. The molecule has 1 aliphatic carbocycles. The fourth-order valence-corrected chi connectivity index (χ4v) is 3.73. The van der Waals surface area contributed by atoms with Gasteiger partial charge in [-0.05, 0) is 37.4 Å². The Bertz CT molecular complexity index is 611. The maximum Gasteiger partial charge on any atom is 0.191 e. The minimum Gasteiger partial charge on any atom is -0.379 e. The van der Waals surface area contributed by atoms with Crippen molar-refractivity contribution >= 4 is 5.96 Å². The highest BCUT2D eigenvalue weighted by atomic mass is 16.5. The first-order valence-corrected chi connectivity index (χ1v) is 10.9. The van der Waals surface area contributed by atoms with E-state index in [4.69, 9.17) is 9.73 Å². The first-order chi connectivity index (χ1) is 13.8. The van der Waals surface area contributed by atoms with Crippen LogP contribution in [0.25, 0.3) is 0 Å². The molecule has 0 atom stereocenters. The van der Waals surface area contributed by atoms with Gasteiger partial charge in [0.25, 0.3) is 0 Å². The van der Waals surface area contributed by atoms with Crippen LogP contribution in [0.3, 0.4) is 0 Å². The second-order valence-corrected chi connectivity index (χ2v) is 7.64. The fourth-order valence-electron chi connectivity index (χ4n) is 3.73. The molecule has 2 fully saturated rings. The SMILES string of the molecule is CCNC(=NCc1ccccc1CN1CCOCC1)NCCN(CC)C1CC1. The summed E-state index contributed by atoms with van der Waals surface area (Å²) < 4.78 is 5.47. The number of nitrogens with one attached hydrogen (secondary N) is 2. The molecule has 3 rings (SSSR count). The van der Waals surface area contributed by atoms with Gasteiger partial charge in [-0.2, -0.15) is 0 Å². The Hall–Kier alpha value is -1.63. The highest BCUT2D eigenvalue weighted by Crippen LogP contribution is 2.25. The van der Waals surface area contributed by atoms with Gasteiger partial charge in [-0.3, -0.25) is 9.80 Å². The summed E-state index contributed by atoms with van der Waals surface area (Å²) in [6.45, 7) is 13.8. The molecule has 1 heterocycles. The van der Waals surface area contributed by atoms with Gasteiger partial charge in [-0.15, -0.1) is 0 Å². The average molecular weight is 388 g/mol. The smallest absolute Gasteiger partial charge is 0.191 e. The average Bonchev–Trinajstić information content (AvgIpc) is 3.56. The zero-order valence-corrected chi connectivity index (χ0v) is 17.6. The van der Waals surface area contributed by atoms with E-state index in [0.29, 0.717) is 6.54 Å². The van der Waals surface area contributed by atoms with E-state index in [2.05, 4.69) is 58.5 Å². The standard InChI is InChI=1S/C22H37N5O/c1-3-23-22(24-11-12-27(4-2)21-9-10-21)25-17-19-7-5-6-8-20(19)18-26-13-15-28-16-14-26/h5-8,21H,3-4,9-18H2,1-2H3,(H2,23,24,25). The van der Waals surface area contributed by atoms with Crippen molar-refractivity contribution in [2.24, 2.45) is 4.99 Å². The van der Waals surface area contributed by atoms with Crippen LogP contribution < -0.4 is 10.6 Å². The first-order valence-electron chi connectivity index (χ1n) is 10.9. The molecule has 0 unspecified atom stereocenters. The molecule has 0 spiro atoms. The number of hydrogen-bond acceptors (Lipinski definition) is 4. The Morgan fingerprint density at radius 3 is 2.57 bits per heavy atom. The van der Waals surface area contributed by atoms with E-state index in [-0.39, 0.29) is 0 Å². The summed E-state index contributed by atoms with van der Waals surface area (Å²) in [7, 11) is 0. The molecule has 0 aromatic heterocycles.